The molecule has 152 valence electrons. The van der Waals surface area contributed by atoms with Crippen LogP contribution >= 0.6 is 0 Å². The van der Waals surface area contributed by atoms with Crippen molar-refractivity contribution in [2.24, 2.45) is 0 Å². The lowest BCUT2D eigenvalue weighted by atomic mass is 10.1. The quantitative estimate of drug-likeness (QED) is 0.397. The van der Waals surface area contributed by atoms with Gasteiger partial charge in [-0.1, -0.05) is 30.3 Å². The van der Waals surface area contributed by atoms with E-state index in [9.17, 15) is 4.79 Å². The second-order valence-corrected chi connectivity index (χ2v) is 7.84. The number of aromatic nitrogens is 4. The zero-order valence-electron chi connectivity index (χ0n) is 17.4. The van der Waals surface area contributed by atoms with Gasteiger partial charge in [0.15, 0.2) is 0 Å². The van der Waals surface area contributed by atoms with Gasteiger partial charge in [0, 0.05) is 41.8 Å². The molecule has 31 heavy (non-hydrogen) atoms. The fourth-order valence-corrected chi connectivity index (χ4v) is 3.81. The SMILES string of the molecule is CC(C)n1cc(-c2ccn3c(-c4ccnc(-c5ccccc5)c4)cnc3c2)ccc1=O. The van der Waals surface area contributed by atoms with Gasteiger partial charge in [-0.3, -0.25) is 14.2 Å². The van der Waals surface area contributed by atoms with E-state index in [2.05, 4.69) is 38.6 Å². The highest BCUT2D eigenvalue weighted by atomic mass is 16.1. The minimum Gasteiger partial charge on any atom is -0.312 e. The second kappa shape index (κ2) is 7.69. The Labute approximate surface area is 180 Å². The summed E-state index contributed by atoms with van der Waals surface area (Å²) in [5.74, 6) is 0. The van der Waals surface area contributed by atoms with E-state index in [-0.39, 0.29) is 11.6 Å². The molecule has 0 unspecified atom stereocenters. The molecule has 5 rings (SSSR count). The molecule has 0 atom stereocenters. The van der Waals surface area contributed by atoms with Gasteiger partial charge >= 0.3 is 0 Å². The van der Waals surface area contributed by atoms with Crippen LogP contribution in [0.1, 0.15) is 19.9 Å². The van der Waals surface area contributed by atoms with Crippen molar-refractivity contribution in [2.45, 2.75) is 19.9 Å². The Morgan fingerprint density at radius 3 is 2.45 bits per heavy atom. The van der Waals surface area contributed by atoms with Crippen molar-refractivity contribution in [1.82, 2.24) is 18.9 Å². The van der Waals surface area contributed by atoms with E-state index in [4.69, 9.17) is 0 Å². The minimum absolute atomic E-state index is 0.00910. The van der Waals surface area contributed by atoms with Crippen LogP contribution in [0.2, 0.25) is 0 Å². The van der Waals surface area contributed by atoms with Crippen molar-refractivity contribution in [1.29, 1.82) is 0 Å². The van der Waals surface area contributed by atoms with E-state index in [0.29, 0.717) is 0 Å². The second-order valence-electron chi connectivity index (χ2n) is 7.84. The standard InChI is InChI=1S/C26H22N4O/c1-18(2)30-17-22(8-9-26(30)31)20-11-13-29-24(16-28-25(29)15-20)21-10-12-27-23(14-21)19-6-4-3-5-7-19/h3-18H,1-2H3. The zero-order valence-corrected chi connectivity index (χ0v) is 17.4. The highest BCUT2D eigenvalue weighted by Gasteiger charge is 2.10. The van der Waals surface area contributed by atoms with Crippen molar-refractivity contribution in [3.8, 4) is 33.6 Å². The maximum absolute atomic E-state index is 12.1. The van der Waals surface area contributed by atoms with Crippen molar-refractivity contribution >= 4 is 5.65 Å². The molecule has 0 N–H and O–H groups in total. The van der Waals surface area contributed by atoms with E-state index < -0.39 is 0 Å². The van der Waals surface area contributed by atoms with Crippen molar-refractivity contribution < 1.29 is 0 Å². The van der Waals surface area contributed by atoms with Crippen molar-refractivity contribution in [3.05, 3.63) is 102 Å². The number of hydrogen-bond acceptors (Lipinski definition) is 3. The van der Waals surface area contributed by atoms with Gasteiger partial charge in [0.2, 0.25) is 0 Å². The topological polar surface area (TPSA) is 52.2 Å². The molecule has 4 aromatic heterocycles. The Bertz CT molecular complexity index is 1430. The number of hydrogen-bond donors (Lipinski definition) is 0. The molecular weight excluding hydrogens is 384 g/mol. The number of pyridine rings is 3. The van der Waals surface area contributed by atoms with E-state index in [0.717, 1.165) is 39.3 Å². The molecule has 1 aromatic carbocycles. The molecule has 5 aromatic rings. The molecule has 0 amide bonds. The number of fused-ring (bicyclic) bond motifs is 1. The zero-order chi connectivity index (χ0) is 21.4. The van der Waals surface area contributed by atoms with Crippen LogP contribution in [-0.2, 0) is 0 Å². The highest BCUT2D eigenvalue weighted by Crippen LogP contribution is 2.27. The number of imidazole rings is 1. The molecular formula is C26H22N4O. The van der Waals surface area contributed by atoms with Crippen molar-refractivity contribution in [2.75, 3.05) is 0 Å². The first-order chi connectivity index (χ1) is 15.1. The lowest BCUT2D eigenvalue weighted by Crippen LogP contribution is -2.20. The molecule has 0 saturated carbocycles. The maximum atomic E-state index is 12.1. The minimum atomic E-state index is 0.00910. The fraction of sp³-hybridized carbons (Fsp3) is 0.115. The predicted octanol–water partition coefficient (Wildman–Crippen LogP) is 5.47. The molecule has 0 aliphatic rings. The van der Waals surface area contributed by atoms with Gasteiger partial charge in [-0.15, -0.1) is 0 Å². The fourth-order valence-electron chi connectivity index (χ4n) is 3.81. The van der Waals surface area contributed by atoms with Crippen LogP contribution in [0.5, 0.6) is 0 Å². The van der Waals surface area contributed by atoms with E-state index in [1.54, 1.807) is 10.6 Å². The predicted molar refractivity (Wildman–Crippen MR) is 124 cm³/mol. The first-order valence-electron chi connectivity index (χ1n) is 10.3. The molecule has 0 spiro atoms. The first kappa shape index (κ1) is 19.0. The smallest absolute Gasteiger partial charge is 0.250 e. The number of nitrogens with zero attached hydrogens (tertiary/aromatic N) is 4. The van der Waals surface area contributed by atoms with Crippen LogP contribution < -0.4 is 5.56 Å². The van der Waals surface area contributed by atoms with Gasteiger partial charge in [0.05, 0.1) is 17.6 Å². The third-order valence-corrected chi connectivity index (χ3v) is 5.47. The summed E-state index contributed by atoms with van der Waals surface area (Å²) in [5.41, 5.74) is 6.97. The van der Waals surface area contributed by atoms with Gasteiger partial charge in [0.1, 0.15) is 5.65 Å². The Morgan fingerprint density at radius 2 is 1.65 bits per heavy atom. The van der Waals surface area contributed by atoms with Crippen LogP contribution in [0.25, 0.3) is 39.3 Å². The summed E-state index contributed by atoms with van der Waals surface area (Å²) in [4.78, 5) is 21.2. The summed E-state index contributed by atoms with van der Waals surface area (Å²) >= 11 is 0. The Morgan fingerprint density at radius 1 is 0.806 bits per heavy atom. The normalized spacial score (nSPS) is 11.3. The van der Waals surface area contributed by atoms with Gasteiger partial charge in [-0.25, -0.2) is 4.98 Å². The molecule has 0 aliphatic carbocycles. The summed E-state index contributed by atoms with van der Waals surface area (Å²) in [6, 6.07) is 22.0. The third-order valence-electron chi connectivity index (χ3n) is 5.47. The molecule has 5 heteroatoms. The Hall–Kier alpha value is -3.99. The van der Waals surface area contributed by atoms with Gasteiger partial charge in [0.25, 0.3) is 5.56 Å². The average Bonchev–Trinajstić information content (AvgIpc) is 3.23. The first-order valence-corrected chi connectivity index (χ1v) is 10.3. The molecule has 5 nitrogen and oxygen atoms in total. The molecule has 0 fully saturated rings. The summed E-state index contributed by atoms with van der Waals surface area (Å²) in [5, 5.41) is 0. The summed E-state index contributed by atoms with van der Waals surface area (Å²) in [6.07, 6.45) is 7.66. The van der Waals surface area contributed by atoms with E-state index in [1.165, 1.54) is 0 Å². The number of rotatable bonds is 4. The van der Waals surface area contributed by atoms with Crippen LogP contribution in [0, 0.1) is 0 Å². The molecule has 0 saturated heterocycles. The number of benzene rings is 1. The highest BCUT2D eigenvalue weighted by molar-refractivity contribution is 5.72. The summed E-state index contributed by atoms with van der Waals surface area (Å²) in [6.45, 7) is 4.02. The Balaban J connectivity index is 1.55. The summed E-state index contributed by atoms with van der Waals surface area (Å²) in [7, 11) is 0. The Kier molecular flexibility index (Phi) is 4.71. The van der Waals surface area contributed by atoms with Gasteiger partial charge in [-0.2, -0.15) is 0 Å². The maximum Gasteiger partial charge on any atom is 0.250 e. The molecule has 0 aliphatic heterocycles. The molecule has 0 bridgehead atoms. The third kappa shape index (κ3) is 3.55. The van der Waals surface area contributed by atoms with Crippen molar-refractivity contribution in [3.63, 3.8) is 0 Å². The summed E-state index contributed by atoms with van der Waals surface area (Å²) < 4.78 is 3.82. The van der Waals surface area contributed by atoms with Crippen LogP contribution in [-0.4, -0.2) is 18.9 Å². The van der Waals surface area contributed by atoms with Gasteiger partial charge in [-0.05, 0) is 55.3 Å². The molecule has 0 radical (unpaired) electrons. The molecule has 4 heterocycles. The van der Waals surface area contributed by atoms with Crippen LogP contribution in [0.15, 0.2) is 96.3 Å². The lowest BCUT2D eigenvalue weighted by molar-refractivity contribution is 0.579. The lowest BCUT2D eigenvalue weighted by Gasteiger charge is -2.12. The van der Waals surface area contributed by atoms with Crippen LogP contribution in [0.4, 0.5) is 0 Å². The largest absolute Gasteiger partial charge is 0.312 e. The van der Waals surface area contributed by atoms with Crippen LogP contribution in [0.3, 0.4) is 0 Å². The van der Waals surface area contributed by atoms with E-state index in [1.807, 2.05) is 75.0 Å². The van der Waals surface area contributed by atoms with Gasteiger partial charge < -0.3 is 4.57 Å². The average molecular weight is 406 g/mol. The monoisotopic (exact) mass is 406 g/mol. The van der Waals surface area contributed by atoms with E-state index >= 15 is 0 Å².